The highest BCUT2D eigenvalue weighted by molar-refractivity contribution is 5.20. The van der Waals surface area contributed by atoms with Gasteiger partial charge in [-0.3, -0.25) is 4.90 Å². The Morgan fingerprint density at radius 3 is 2.82 bits per heavy atom. The minimum absolute atomic E-state index is 0.566. The van der Waals surface area contributed by atoms with E-state index in [2.05, 4.69) is 11.8 Å². The zero-order chi connectivity index (χ0) is 12.1. The Morgan fingerprint density at radius 2 is 2.12 bits per heavy atom. The summed E-state index contributed by atoms with van der Waals surface area (Å²) in [5, 5.41) is 10.5. The molecule has 0 spiro atoms. The normalized spacial score (nSPS) is 26.0. The quantitative estimate of drug-likeness (QED) is 0.866. The van der Waals surface area contributed by atoms with Gasteiger partial charge in [0.2, 0.25) is 5.79 Å². The van der Waals surface area contributed by atoms with Crippen molar-refractivity contribution in [3.8, 4) is 0 Å². The largest absolute Gasteiger partial charge is 0.361 e. The van der Waals surface area contributed by atoms with Gasteiger partial charge < -0.3 is 9.84 Å². The minimum Gasteiger partial charge on any atom is -0.361 e. The third kappa shape index (κ3) is 3.06. The van der Waals surface area contributed by atoms with E-state index in [1.54, 1.807) is 0 Å². The van der Waals surface area contributed by atoms with Gasteiger partial charge in [-0.2, -0.15) is 0 Å². The van der Waals surface area contributed by atoms with Crippen molar-refractivity contribution in [1.82, 2.24) is 4.90 Å². The number of nitrogens with zero attached hydrogens (tertiary/aromatic N) is 1. The molecule has 1 aromatic rings. The van der Waals surface area contributed by atoms with E-state index in [1.165, 1.54) is 12.8 Å². The Kier molecular flexibility index (Phi) is 4.15. The van der Waals surface area contributed by atoms with Gasteiger partial charge in [0.1, 0.15) is 0 Å². The summed E-state index contributed by atoms with van der Waals surface area (Å²) in [7, 11) is 0. The first-order valence-corrected chi connectivity index (χ1v) is 6.39. The molecule has 3 heteroatoms. The van der Waals surface area contributed by atoms with Crippen molar-refractivity contribution in [3.63, 3.8) is 0 Å². The van der Waals surface area contributed by atoms with Crippen LogP contribution in [-0.2, 0) is 10.5 Å². The molecule has 1 atom stereocenters. The average Bonchev–Trinajstić information content (AvgIpc) is 2.38. The molecule has 0 radical (unpaired) electrons. The molecule has 17 heavy (non-hydrogen) atoms. The van der Waals surface area contributed by atoms with E-state index in [0.29, 0.717) is 13.2 Å². The fraction of sp³-hybridized carbons (Fsp3) is 0.571. The molecule has 1 aromatic carbocycles. The predicted molar refractivity (Wildman–Crippen MR) is 67.6 cm³/mol. The summed E-state index contributed by atoms with van der Waals surface area (Å²) < 4.78 is 5.58. The lowest BCUT2D eigenvalue weighted by Crippen LogP contribution is -2.50. The van der Waals surface area contributed by atoms with E-state index in [4.69, 9.17) is 4.74 Å². The van der Waals surface area contributed by atoms with Gasteiger partial charge in [-0.15, -0.1) is 0 Å². The Bertz CT molecular complexity index is 341. The van der Waals surface area contributed by atoms with Gasteiger partial charge in [0.25, 0.3) is 0 Å². The summed E-state index contributed by atoms with van der Waals surface area (Å²) in [5.74, 6) is -1.13. The Morgan fingerprint density at radius 1 is 1.35 bits per heavy atom. The SMILES string of the molecule is CCCCN1CCOC(O)(c2ccccc2)C1. The molecule has 1 unspecified atom stereocenters. The Balaban J connectivity index is 2.04. The lowest BCUT2D eigenvalue weighted by atomic mass is 10.0. The van der Waals surface area contributed by atoms with Crippen LogP contribution >= 0.6 is 0 Å². The van der Waals surface area contributed by atoms with Crippen molar-refractivity contribution in [1.29, 1.82) is 0 Å². The van der Waals surface area contributed by atoms with E-state index in [-0.39, 0.29) is 0 Å². The molecule has 1 aliphatic rings. The predicted octanol–water partition coefficient (Wildman–Crippen LogP) is 1.96. The second-order valence-electron chi connectivity index (χ2n) is 4.63. The van der Waals surface area contributed by atoms with Gasteiger partial charge in [0.05, 0.1) is 13.2 Å². The number of ether oxygens (including phenoxy) is 1. The molecular weight excluding hydrogens is 214 g/mol. The molecule has 1 N–H and O–H groups in total. The van der Waals surface area contributed by atoms with Crippen LogP contribution < -0.4 is 0 Å². The number of hydrogen-bond acceptors (Lipinski definition) is 3. The first-order chi connectivity index (χ1) is 8.24. The Labute approximate surface area is 103 Å². The number of benzene rings is 1. The molecule has 0 bridgehead atoms. The van der Waals surface area contributed by atoms with Crippen LogP contribution in [0.3, 0.4) is 0 Å². The fourth-order valence-corrected chi connectivity index (χ4v) is 2.22. The van der Waals surface area contributed by atoms with Gasteiger partial charge in [0, 0.05) is 12.1 Å². The lowest BCUT2D eigenvalue weighted by molar-refractivity contribution is -0.248. The standard InChI is InChI=1S/C14H21NO2/c1-2-3-9-15-10-11-17-14(16,12-15)13-7-5-4-6-8-13/h4-8,16H,2-3,9-12H2,1H3. The van der Waals surface area contributed by atoms with Crippen molar-refractivity contribution >= 4 is 0 Å². The van der Waals surface area contributed by atoms with Crippen LogP contribution in [0.2, 0.25) is 0 Å². The monoisotopic (exact) mass is 235 g/mol. The minimum atomic E-state index is -1.13. The lowest BCUT2D eigenvalue weighted by Gasteiger charge is -2.39. The van der Waals surface area contributed by atoms with Crippen molar-refractivity contribution in [2.24, 2.45) is 0 Å². The molecule has 0 aliphatic carbocycles. The molecule has 2 rings (SSSR count). The average molecular weight is 235 g/mol. The summed E-state index contributed by atoms with van der Waals surface area (Å²) >= 11 is 0. The summed E-state index contributed by atoms with van der Waals surface area (Å²) in [6, 6.07) is 9.65. The van der Waals surface area contributed by atoms with Crippen LogP contribution in [0.5, 0.6) is 0 Å². The van der Waals surface area contributed by atoms with Crippen molar-refractivity contribution in [2.45, 2.75) is 25.6 Å². The second kappa shape index (κ2) is 5.63. The van der Waals surface area contributed by atoms with Gasteiger partial charge in [-0.1, -0.05) is 43.7 Å². The molecule has 3 nitrogen and oxygen atoms in total. The molecule has 0 saturated carbocycles. The van der Waals surface area contributed by atoms with E-state index < -0.39 is 5.79 Å². The maximum absolute atomic E-state index is 10.5. The maximum atomic E-state index is 10.5. The maximum Gasteiger partial charge on any atom is 0.205 e. The summed E-state index contributed by atoms with van der Waals surface area (Å²) in [5.41, 5.74) is 0.848. The number of unbranched alkanes of at least 4 members (excludes halogenated alkanes) is 1. The molecule has 94 valence electrons. The number of aliphatic hydroxyl groups is 1. The first-order valence-electron chi connectivity index (χ1n) is 6.39. The number of β-amino-alcohol motifs (C(OH)–C–C–N with tert-alkyl or cyclic N) is 1. The Hall–Kier alpha value is -0.900. The van der Waals surface area contributed by atoms with Crippen molar-refractivity contribution < 1.29 is 9.84 Å². The highest BCUT2D eigenvalue weighted by Crippen LogP contribution is 2.26. The molecule has 1 aliphatic heterocycles. The summed E-state index contributed by atoms with van der Waals surface area (Å²) in [6.45, 7) is 5.29. The van der Waals surface area contributed by atoms with E-state index >= 15 is 0 Å². The zero-order valence-electron chi connectivity index (χ0n) is 10.4. The van der Waals surface area contributed by atoms with E-state index in [1.807, 2.05) is 30.3 Å². The molecular formula is C14H21NO2. The number of rotatable bonds is 4. The molecule has 1 heterocycles. The van der Waals surface area contributed by atoms with Crippen LogP contribution in [0.15, 0.2) is 30.3 Å². The smallest absolute Gasteiger partial charge is 0.205 e. The fourth-order valence-electron chi connectivity index (χ4n) is 2.22. The number of hydrogen-bond donors (Lipinski definition) is 1. The van der Waals surface area contributed by atoms with Crippen LogP contribution in [0.1, 0.15) is 25.3 Å². The van der Waals surface area contributed by atoms with E-state index in [0.717, 1.165) is 18.7 Å². The highest BCUT2D eigenvalue weighted by atomic mass is 16.6. The van der Waals surface area contributed by atoms with Crippen molar-refractivity contribution in [3.05, 3.63) is 35.9 Å². The van der Waals surface area contributed by atoms with Crippen molar-refractivity contribution in [2.75, 3.05) is 26.2 Å². The third-order valence-corrected chi connectivity index (χ3v) is 3.24. The van der Waals surface area contributed by atoms with Gasteiger partial charge in [0.15, 0.2) is 0 Å². The van der Waals surface area contributed by atoms with E-state index in [9.17, 15) is 5.11 Å². The molecule has 1 saturated heterocycles. The summed E-state index contributed by atoms with van der Waals surface area (Å²) in [4.78, 5) is 2.28. The van der Waals surface area contributed by atoms with Crippen LogP contribution in [0.25, 0.3) is 0 Å². The molecule has 0 aromatic heterocycles. The highest BCUT2D eigenvalue weighted by Gasteiger charge is 2.35. The second-order valence-corrected chi connectivity index (χ2v) is 4.63. The van der Waals surface area contributed by atoms with Crippen LogP contribution in [-0.4, -0.2) is 36.2 Å². The summed E-state index contributed by atoms with van der Waals surface area (Å²) in [6.07, 6.45) is 2.35. The van der Waals surface area contributed by atoms with Gasteiger partial charge in [-0.05, 0) is 13.0 Å². The molecule has 1 fully saturated rings. The van der Waals surface area contributed by atoms with Gasteiger partial charge in [-0.25, -0.2) is 0 Å². The molecule has 0 amide bonds. The van der Waals surface area contributed by atoms with Crippen LogP contribution in [0, 0.1) is 0 Å². The third-order valence-electron chi connectivity index (χ3n) is 3.24. The zero-order valence-corrected chi connectivity index (χ0v) is 10.4. The van der Waals surface area contributed by atoms with Gasteiger partial charge >= 0.3 is 0 Å². The topological polar surface area (TPSA) is 32.7 Å². The van der Waals surface area contributed by atoms with Crippen LogP contribution in [0.4, 0.5) is 0 Å². The number of morpholine rings is 1. The first kappa shape index (κ1) is 12.6.